The topological polar surface area (TPSA) is 65.2 Å². The first-order valence-electron chi connectivity index (χ1n) is 8.03. The van der Waals surface area contributed by atoms with Gasteiger partial charge < -0.3 is 15.2 Å². The van der Waals surface area contributed by atoms with Crippen LogP contribution >= 0.6 is 0 Å². The van der Waals surface area contributed by atoms with Crippen LogP contribution in [-0.2, 0) is 0 Å². The van der Waals surface area contributed by atoms with Crippen molar-refractivity contribution in [3.05, 3.63) is 53.6 Å². The number of ketones is 1. The Morgan fingerprint density at radius 3 is 2.88 bits per heavy atom. The van der Waals surface area contributed by atoms with Gasteiger partial charge in [-0.3, -0.25) is 9.59 Å². The van der Waals surface area contributed by atoms with Crippen molar-refractivity contribution < 1.29 is 14.0 Å². The van der Waals surface area contributed by atoms with Crippen molar-refractivity contribution in [2.75, 3.05) is 18.0 Å². The molecule has 5 nitrogen and oxygen atoms in total. The van der Waals surface area contributed by atoms with Gasteiger partial charge in [-0.1, -0.05) is 6.07 Å². The minimum atomic E-state index is -0.262. The molecule has 1 saturated heterocycles. The highest BCUT2D eigenvalue weighted by molar-refractivity contribution is 5.99. The number of hydrogen-bond donors (Lipinski definition) is 2. The zero-order valence-corrected chi connectivity index (χ0v) is 13.5. The van der Waals surface area contributed by atoms with E-state index >= 15 is 0 Å². The van der Waals surface area contributed by atoms with Crippen LogP contribution < -0.4 is 10.2 Å². The van der Waals surface area contributed by atoms with Crippen molar-refractivity contribution >= 4 is 17.4 Å². The van der Waals surface area contributed by atoms with Crippen LogP contribution in [0.3, 0.4) is 0 Å². The average molecular weight is 329 g/mol. The van der Waals surface area contributed by atoms with Crippen molar-refractivity contribution in [3.63, 3.8) is 0 Å². The molecule has 6 heteroatoms. The number of halogens is 1. The van der Waals surface area contributed by atoms with E-state index in [1.807, 2.05) is 6.07 Å². The number of H-pyrrole nitrogens is 1. The zero-order chi connectivity index (χ0) is 17.1. The lowest BCUT2D eigenvalue weighted by molar-refractivity contribution is 0.0928. The summed E-state index contributed by atoms with van der Waals surface area (Å²) in [6, 6.07) is 8.04. The second kappa shape index (κ2) is 6.86. The molecule has 0 radical (unpaired) electrons. The average Bonchev–Trinajstić information content (AvgIpc) is 3.05. The molecule has 2 aromatic rings. The summed E-state index contributed by atoms with van der Waals surface area (Å²) in [6.07, 6.45) is 3.33. The number of aromatic nitrogens is 1. The SMILES string of the molecule is CC(=O)c1c[nH]c(C(=O)N[C@H]2CCCN(c3cccc(F)c3)C2)c1. The number of benzene rings is 1. The summed E-state index contributed by atoms with van der Waals surface area (Å²) in [5.41, 5.74) is 1.70. The van der Waals surface area contributed by atoms with Crippen molar-refractivity contribution in [3.8, 4) is 0 Å². The Morgan fingerprint density at radius 1 is 1.33 bits per heavy atom. The van der Waals surface area contributed by atoms with Gasteiger partial charge in [-0.05, 0) is 44.0 Å². The molecule has 1 amide bonds. The Balaban J connectivity index is 1.64. The summed E-state index contributed by atoms with van der Waals surface area (Å²) in [6.45, 7) is 2.94. The Morgan fingerprint density at radius 2 is 2.17 bits per heavy atom. The standard InChI is InChI=1S/C18H20FN3O2/c1-12(23)13-8-17(20-10-13)18(24)21-15-5-3-7-22(11-15)16-6-2-4-14(19)9-16/h2,4,6,8-10,15,20H,3,5,7,11H2,1H3,(H,21,24)/t15-/m0/s1. The van der Waals surface area contributed by atoms with E-state index in [0.717, 1.165) is 25.1 Å². The first-order chi connectivity index (χ1) is 11.5. The number of nitrogens with one attached hydrogen (secondary N) is 2. The molecule has 0 bridgehead atoms. The number of piperidine rings is 1. The van der Waals surface area contributed by atoms with Crippen LogP contribution in [0.15, 0.2) is 36.5 Å². The molecule has 24 heavy (non-hydrogen) atoms. The number of amides is 1. The maximum atomic E-state index is 13.4. The molecule has 0 saturated carbocycles. The molecule has 0 aliphatic carbocycles. The first-order valence-corrected chi connectivity index (χ1v) is 8.03. The number of aromatic amines is 1. The Kier molecular flexibility index (Phi) is 4.64. The number of carbonyl (C=O) groups is 2. The fraction of sp³-hybridized carbons (Fsp3) is 0.333. The van der Waals surface area contributed by atoms with Gasteiger partial charge in [0.15, 0.2) is 5.78 Å². The predicted molar refractivity (Wildman–Crippen MR) is 89.9 cm³/mol. The molecule has 3 rings (SSSR count). The smallest absolute Gasteiger partial charge is 0.267 e. The third-order valence-electron chi connectivity index (χ3n) is 4.26. The highest BCUT2D eigenvalue weighted by atomic mass is 19.1. The van der Waals surface area contributed by atoms with Crippen molar-refractivity contribution in [2.45, 2.75) is 25.8 Å². The largest absolute Gasteiger partial charge is 0.369 e. The van der Waals surface area contributed by atoms with Crippen LogP contribution in [0.5, 0.6) is 0 Å². The molecule has 1 aromatic carbocycles. The lowest BCUT2D eigenvalue weighted by atomic mass is 10.0. The van der Waals surface area contributed by atoms with Crippen LogP contribution in [0.25, 0.3) is 0 Å². The fourth-order valence-electron chi connectivity index (χ4n) is 2.99. The van der Waals surface area contributed by atoms with Gasteiger partial charge in [0.25, 0.3) is 5.91 Å². The van der Waals surface area contributed by atoms with Crippen LogP contribution in [0.4, 0.5) is 10.1 Å². The van der Waals surface area contributed by atoms with Gasteiger partial charge in [0.2, 0.25) is 0 Å². The maximum Gasteiger partial charge on any atom is 0.267 e. The van der Waals surface area contributed by atoms with E-state index in [2.05, 4.69) is 15.2 Å². The molecule has 1 aliphatic rings. The van der Waals surface area contributed by atoms with E-state index in [0.29, 0.717) is 17.8 Å². The summed E-state index contributed by atoms with van der Waals surface area (Å²) in [4.78, 5) is 28.5. The lowest BCUT2D eigenvalue weighted by Gasteiger charge is -2.34. The number of hydrogen-bond acceptors (Lipinski definition) is 3. The molecule has 1 aromatic heterocycles. The molecule has 2 heterocycles. The fourth-order valence-corrected chi connectivity index (χ4v) is 2.99. The van der Waals surface area contributed by atoms with Gasteiger partial charge in [0, 0.05) is 36.6 Å². The van der Waals surface area contributed by atoms with Gasteiger partial charge in [-0.15, -0.1) is 0 Å². The summed E-state index contributed by atoms with van der Waals surface area (Å²) < 4.78 is 13.4. The first kappa shape index (κ1) is 16.2. The molecule has 1 aliphatic heterocycles. The van der Waals surface area contributed by atoms with E-state index in [1.54, 1.807) is 12.1 Å². The Labute approximate surface area is 139 Å². The summed E-state index contributed by atoms with van der Waals surface area (Å²) in [7, 11) is 0. The highest BCUT2D eigenvalue weighted by Gasteiger charge is 2.23. The number of rotatable bonds is 4. The van der Waals surface area contributed by atoms with Gasteiger partial charge >= 0.3 is 0 Å². The molecule has 1 atom stereocenters. The Bertz CT molecular complexity index is 756. The van der Waals surface area contributed by atoms with E-state index < -0.39 is 0 Å². The summed E-state index contributed by atoms with van der Waals surface area (Å²) in [5.74, 6) is -0.573. The maximum absolute atomic E-state index is 13.4. The molecule has 1 fully saturated rings. The third-order valence-corrected chi connectivity index (χ3v) is 4.26. The number of carbonyl (C=O) groups excluding carboxylic acids is 2. The molecule has 126 valence electrons. The van der Waals surface area contributed by atoms with Crippen molar-refractivity contribution in [1.29, 1.82) is 0 Å². The summed E-state index contributed by atoms with van der Waals surface area (Å²) >= 11 is 0. The number of nitrogens with zero attached hydrogens (tertiary/aromatic N) is 1. The van der Waals surface area contributed by atoms with E-state index in [1.165, 1.54) is 25.3 Å². The molecular formula is C18H20FN3O2. The second-order valence-electron chi connectivity index (χ2n) is 6.10. The second-order valence-corrected chi connectivity index (χ2v) is 6.10. The zero-order valence-electron chi connectivity index (χ0n) is 13.5. The van der Waals surface area contributed by atoms with Gasteiger partial charge in [-0.2, -0.15) is 0 Å². The van der Waals surface area contributed by atoms with Gasteiger partial charge in [0.05, 0.1) is 0 Å². The number of anilines is 1. The van der Waals surface area contributed by atoms with Gasteiger partial charge in [0.1, 0.15) is 11.5 Å². The highest BCUT2D eigenvalue weighted by Crippen LogP contribution is 2.21. The van der Waals surface area contributed by atoms with Crippen LogP contribution in [0.2, 0.25) is 0 Å². The monoisotopic (exact) mass is 329 g/mol. The van der Waals surface area contributed by atoms with E-state index in [9.17, 15) is 14.0 Å². The normalized spacial score (nSPS) is 17.6. The van der Waals surface area contributed by atoms with E-state index in [-0.39, 0.29) is 23.5 Å². The molecule has 0 unspecified atom stereocenters. The Hall–Kier alpha value is -2.63. The van der Waals surface area contributed by atoms with E-state index in [4.69, 9.17) is 0 Å². The van der Waals surface area contributed by atoms with Crippen LogP contribution in [-0.4, -0.2) is 35.8 Å². The molecule has 2 N–H and O–H groups in total. The third kappa shape index (κ3) is 3.64. The summed E-state index contributed by atoms with van der Waals surface area (Å²) in [5, 5.41) is 2.98. The quantitative estimate of drug-likeness (QED) is 0.848. The van der Waals surface area contributed by atoms with Crippen LogP contribution in [0.1, 0.15) is 40.6 Å². The predicted octanol–water partition coefficient (Wildman–Crippen LogP) is 2.76. The number of Topliss-reactive ketones (excluding diaryl/α,β-unsaturated/α-hetero) is 1. The minimum absolute atomic E-state index is 0.0152. The molecule has 0 spiro atoms. The van der Waals surface area contributed by atoms with Crippen LogP contribution in [0, 0.1) is 5.82 Å². The molecular weight excluding hydrogens is 309 g/mol. The van der Waals surface area contributed by atoms with Crippen molar-refractivity contribution in [2.24, 2.45) is 0 Å². The lowest BCUT2D eigenvalue weighted by Crippen LogP contribution is -2.47. The minimum Gasteiger partial charge on any atom is -0.369 e. The van der Waals surface area contributed by atoms with Crippen molar-refractivity contribution in [1.82, 2.24) is 10.3 Å². The van der Waals surface area contributed by atoms with Gasteiger partial charge in [-0.25, -0.2) is 4.39 Å².